The van der Waals surface area contributed by atoms with Crippen molar-refractivity contribution in [3.05, 3.63) is 65.5 Å². The fourth-order valence-electron chi connectivity index (χ4n) is 2.43. The molecule has 1 aromatic carbocycles. The minimum absolute atomic E-state index is 0.136. The molecule has 0 bridgehead atoms. The Balaban J connectivity index is 1.62. The van der Waals surface area contributed by atoms with Crippen LogP contribution in [0.4, 0.5) is 0 Å². The van der Waals surface area contributed by atoms with E-state index in [1.165, 1.54) is 18.3 Å². The van der Waals surface area contributed by atoms with Crippen LogP contribution in [0.25, 0.3) is 11.0 Å². The molecule has 1 aliphatic rings. The molecule has 4 rings (SSSR count). The number of hydroxylamine groups is 2. The molecule has 2 aromatic heterocycles. The van der Waals surface area contributed by atoms with Crippen LogP contribution in [-0.2, 0) is 4.84 Å². The van der Waals surface area contributed by atoms with Crippen LogP contribution in [-0.4, -0.2) is 32.8 Å². The Hall–Kier alpha value is -3.48. The average molecular weight is 307 g/mol. The van der Waals surface area contributed by atoms with Crippen LogP contribution in [0.1, 0.15) is 31.1 Å². The zero-order valence-corrected chi connectivity index (χ0v) is 11.6. The minimum Gasteiger partial charge on any atom is -0.360 e. The highest BCUT2D eigenvalue weighted by Gasteiger charge is 2.38. The third kappa shape index (κ3) is 1.98. The molecule has 0 fully saturated rings. The fraction of sp³-hybridized carbons (Fsp3) is 0. The van der Waals surface area contributed by atoms with E-state index in [9.17, 15) is 14.4 Å². The third-order valence-electron chi connectivity index (χ3n) is 3.57. The number of carbonyl (C=O) groups excluding carboxylic acids is 3. The first-order valence-corrected chi connectivity index (χ1v) is 6.78. The molecular weight excluding hydrogens is 298 g/mol. The third-order valence-corrected chi connectivity index (χ3v) is 3.57. The fourth-order valence-corrected chi connectivity index (χ4v) is 2.43. The van der Waals surface area contributed by atoms with Gasteiger partial charge in [0.1, 0.15) is 0 Å². The van der Waals surface area contributed by atoms with Crippen molar-refractivity contribution >= 4 is 28.8 Å². The van der Waals surface area contributed by atoms with Gasteiger partial charge in [-0.1, -0.05) is 17.2 Å². The number of hydrogen-bond acceptors (Lipinski definition) is 5. The summed E-state index contributed by atoms with van der Waals surface area (Å²) in [7, 11) is 0. The summed E-state index contributed by atoms with van der Waals surface area (Å²) in [6.45, 7) is 0. The van der Waals surface area contributed by atoms with Crippen LogP contribution >= 0.6 is 0 Å². The van der Waals surface area contributed by atoms with Gasteiger partial charge in [0.25, 0.3) is 11.8 Å². The van der Waals surface area contributed by atoms with E-state index in [2.05, 4.69) is 9.97 Å². The summed E-state index contributed by atoms with van der Waals surface area (Å²) in [4.78, 5) is 48.5. The lowest BCUT2D eigenvalue weighted by atomic mass is 10.1. The van der Waals surface area contributed by atoms with Crippen LogP contribution in [0.3, 0.4) is 0 Å². The number of hydrogen-bond donors (Lipinski definition) is 1. The second-order valence-corrected chi connectivity index (χ2v) is 4.96. The number of imide groups is 1. The van der Waals surface area contributed by atoms with Crippen molar-refractivity contribution in [3.63, 3.8) is 0 Å². The number of nitrogens with one attached hydrogen (secondary N) is 1. The van der Waals surface area contributed by atoms with E-state index in [0.29, 0.717) is 16.1 Å². The van der Waals surface area contributed by atoms with Gasteiger partial charge in [0.05, 0.1) is 27.7 Å². The number of nitrogens with zero attached hydrogens (tertiary/aromatic N) is 2. The number of rotatable bonds is 2. The van der Waals surface area contributed by atoms with E-state index in [1.54, 1.807) is 30.5 Å². The maximum atomic E-state index is 12.2. The Morgan fingerprint density at radius 2 is 1.78 bits per heavy atom. The van der Waals surface area contributed by atoms with Gasteiger partial charge >= 0.3 is 5.97 Å². The molecule has 7 heteroatoms. The normalized spacial score (nSPS) is 13.5. The summed E-state index contributed by atoms with van der Waals surface area (Å²) in [6, 6.07) is 9.60. The number of benzene rings is 1. The second-order valence-electron chi connectivity index (χ2n) is 4.96. The highest BCUT2D eigenvalue weighted by molar-refractivity contribution is 6.21. The van der Waals surface area contributed by atoms with Crippen molar-refractivity contribution in [1.82, 2.24) is 15.0 Å². The lowest BCUT2D eigenvalue weighted by Gasteiger charge is -2.12. The van der Waals surface area contributed by atoms with Gasteiger partial charge in [-0.25, -0.2) is 4.79 Å². The van der Waals surface area contributed by atoms with Crippen molar-refractivity contribution in [2.75, 3.05) is 0 Å². The summed E-state index contributed by atoms with van der Waals surface area (Å²) in [5.41, 5.74) is 1.91. The van der Waals surface area contributed by atoms with Gasteiger partial charge < -0.3 is 9.82 Å². The number of aromatic nitrogens is 2. The number of aromatic amines is 1. The largest absolute Gasteiger partial charge is 0.365 e. The molecule has 0 unspecified atom stereocenters. The van der Waals surface area contributed by atoms with Gasteiger partial charge in [0.2, 0.25) is 0 Å². The van der Waals surface area contributed by atoms with Gasteiger partial charge in [0.15, 0.2) is 0 Å². The van der Waals surface area contributed by atoms with Crippen molar-refractivity contribution in [2.45, 2.75) is 0 Å². The number of fused-ring (bicyclic) bond motifs is 2. The van der Waals surface area contributed by atoms with E-state index in [-0.39, 0.29) is 16.7 Å². The zero-order valence-electron chi connectivity index (χ0n) is 11.6. The monoisotopic (exact) mass is 307 g/mol. The summed E-state index contributed by atoms with van der Waals surface area (Å²) in [5.74, 6) is -2.15. The second kappa shape index (κ2) is 4.77. The van der Waals surface area contributed by atoms with E-state index in [0.717, 1.165) is 0 Å². The molecule has 0 spiro atoms. The number of pyridine rings is 1. The molecule has 0 atom stereocenters. The topological polar surface area (TPSA) is 92.4 Å². The van der Waals surface area contributed by atoms with Crippen molar-refractivity contribution in [3.8, 4) is 0 Å². The van der Waals surface area contributed by atoms with Crippen LogP contribution in [0.15, 0.2) is 48.8 Å². The zero-order chi connectivity index (χ0) is 16.0. The molecule has 2 amide bonds. The number of amides is 2. The molecule has 0 saturated carbocycles. The van der Waals surface area contributed by atoms with Crippen LogP contribution < -0.4 is 0 Å². The van der Waals surface area contributed by atoms with E-state index >= 15 is 0 Å². The average Bonchev–Trinajstić information content (AvgIpc) is 3.13. The Morgan fingerprint density at radius 3 is 2.48 bits per heavy atom. The maximum absolute atomic E-state index is 12.2. The van der Waals surface area contributed by atoms with Gasteiger partial charge in [-0.15, -0.1) is 0 Å². The van der Waals surface area contributed by atoms with Gasteiger partial charge in [0, 0.05) is 12.4 Å². The van der Waals surface area contributed by atoms with Gasteiger partial charge in [-0.3, -0.25) is 14.6 Å². The first-order chi connectivity index (χ1) is 11.1. The lowest BCUT2D eigenvalue weighted by molar-refractivity contribution is -0.0584. The summed E-state index contributed by atoms with van der Waals surface area (Å²) in [5, 5.41) is 0.478. The molecule has 0 radical (unpaired) electrons. The standard InChI is InChI=1S/C16H9N3O4/c20-14-10-3-1-2-4-11(10)15(21)19(14)23-16(22)9-7-13-12(18-8-9)5-6-17-13/h1-8,17H. The maximum Gasteiger partial charge on any atom is 0.365 e. The molecule has 112 valence electrons. The van der Waals surface area contributed by atoms with Gasteiger partial charge in [-0.2, -0.15) is 0 Å². The number of H-pyrrole nitrogens is 1. The van der Waals surface area contributed by atoms with E-state index in [1.807, 2.05) is 0 Å². The SMILES string of the molecule is O=C(ON1C(=O)c2ccccc2C1=O)c1cnc2cc[nH]c2c1. The predicted molar refractivity (Wildman–Crippen MR) is 78.5 cm³/mol. The first-order valence-electron chi connectivity index (χ1n) is 6.78. The molecule has 0 saturated heterocycles. The first kappa shape index (κ1) is 13.2. The van der Waals surface area contributed by atoms with Gasteiger partial charge in [-0.05, 0) is 24.3 Å². The smallest absolute Gasteiger partial charge is 0.360 e. The summed E-state index contributed by atoms with van der Waals surface area (Å²) in [6.07, 6.45) is 3.02. The quantitative estimate of drug-likeness (QED) is 0.730. The van der Waals surface area contributed by atoms with Crippen LogP contribution in [0.2, 0.25) is 0 Å². The summed E-state index contributed by atoms with van der Waals surface area (Å²) < 4.78 is 0. The van der Waals surface area contributed by atoms with Crippen molar-refractivity contribution in [1.29, 1.82) is 0 Å². The Kier molecular flexibility index (Phi) is 2.74. The van der Waals surface area contributed by atoms with E-state index in [4.69, 9.17) is 4.84 Å². The Morgan fingerprint density at radius 1 is 1.09 bits per heavy atom. The number of carbonyl (C=O) groups is 3. The highest BCUT2D eigenvalue weighted by Crippen LogP contribution is 2.23. The Labute approximate surface area is 129 Å². The highest BCUT2D eigenvalue weighted by atomic mass is 16.7. The van der Waals surface area contributed by atoms with Crippen molar-refractivity contribution < 1.29 is 19.2 Å². The molecule has 1 aliphatic heterocycles. The molecule has 3 aromatic rings. The molecule has 0 aliphatic carbocycles. The molecule has 1 N–H and O–H groups in total. The lowest BCUT2D eigenvalue weighted by Crippen LogP contribution is -2.32. The summed E-state index contributed by atoms with van der Waals surface area (Å²) >= 11 is 0. The molecule has 3 heterocycles. The molecule has 7 nitrogen and oxygen atoms in total. The van der Waals surface area contributed by atoms with Crippen molar-refractivity contribution in [2.24, 2.45) is 0 Å². The van der Waals surface area contributed by atoms with E-state index < -0.39 is 17.8 Å². The van der Waals surface area contributed by atoms with Crippen LogP contribution in [0.5, 0.6) is 0 Å². The van der Waals surface area contributed by atoms with Crippen LogP contribution in [0, 0.1) is 0 Å². The molecular formula is C16H9N3O4. The predicted octanol–water partition coefficient (Wildman–Crippen LogP) is 1.93. The molecule has 23 heavy (non-hydrogen) atoms. The Bertz CT molecular complexity index is 941. The minimum atomic E-state index is -0.830.